The molecule has 17 heavy (non-hydrogen) atoms. The van der Waals surface area contributed by atoms with Crippen molar-refractivity contribution in [1.82, 2.24) is 4.90 Å². The molecule has 0 fully saturated rings. The van der Waals surface area contributed by atoms with Crippen LogP contribution >= 0.6 is 0 Å². The van der Waals surface area contributed by atoms with Crippen molar-refractivity contribution in [2.24, 2.45) is 0 Å². The fourth-order valence-corrected chi connectivity index (χ4v) is 1.92. The van der Waals surface area contributed by atoms with Gasteiger partial charge in [-0.25, -0.2) is 0 Å². The zero-order valence-corrected chi connectivity index (χ0v) is 11.1. The summed E-state index contributed by atoms with van der Waals surface area (Å²) < 4.78 is 0. The number of hydrogen-bond acceptors (Lipinski definition) is 2. The molecular formula is C15H24N2. The summed E-state index contributed by atoms with van der Waals surface area (Å²) in [6, 6.07) is 8.18. The van der Waals surface area contributed by atoms with Crippen LogP contribution in [0.1, 0.15) is 25.8 Å². The Labute approximate surface area is 105 Å². The van der Waals surface area contributed by atoms with Crippen LogP contribution in [0.5, 0.6) is 0 Å². The normalized spacial score (nSPS) is 10.8. The van der Waals surface area contributed by atoms with Crippen molar-refractivity contribution in [3.63, 3.8) is 0 Å². The maximum atomic E-state index is 5.66. The molecule has 0 aliphatic carbocycles. The van der Waals surface area contributed by atoms with Gasteiger partial charge in [-0.2, -0.15) is 0 Å². The van der Waals surface area contributed by atoms with Crippen LogP contribution in [0.25, 0.3) is 0 Å². The van der Waals surface area contributed by atoms with E-state index in [4.69, 9.17) is 5.73 Å². The zero-order valence-electron chi connectivity index (χ0n) is 11.1. The van der Waals surface area contributed by atoms with E-state index in [0.717, 1.165) is 31.7 Å². The predicted octanol–water partition coefficient (Wildman–Crippen LogP) is 3.10. The molecule has 1 aromatic carbocycles. The summed E-state index contributed by atoms with van der Waals surface area (Å²) in [5, 5.41) is 0. The van der Waals surface area contributed by atoms with Gasteiger partial charge in [0.1, 0.15) is 0 Å². The lowest BCUT2D eigenvalue weighted by Crippen LogP contribution is -2.26. The van der Waals surface area contributed by atoms with Crippen LogP contribution in [0.15, 0.2) is 36.4 Å². The summed E-state index contributed by atoms with van der Waals surface area (Å²) in [7, 11) is 0. The first-order valence-electron chi connectivity index (χ1n) is 6.33. The van der Waals surface area contributed by atoms with Crippen molar-refractivity contribution in [3.05, 3.63) is 42.0 Å². The smallest absolute Gasteiger partial charge is 0.0314 e. The molecule has 0 saturated heterocycles. The number of rotatable bonds is 7. The minimum absolute atomic E-state index is 0.839. The standard InChI is InChI=1S/C15H24N2/c1-4-17(12-13(2)3)11-5-6-14-7-9-15(16)10-8-14/h7-10H,2,4-6,11-12,16H2,1,3H3. The average Bonchev–Trinajstić information content (AvgIpc) is 2.30. The van der Waals surface area contributed by atoms with E-state index in [1.54, 1.807) is 0 Å². The molecule has 1 aromatic rings. The molecule has 2 N–H and O–H groups in total. The van der Waals surface area contributed by atoms with Crippen LogP contribution in [0.3, 0.4) is 0 Å². The number of nitrogen functional groups attached to an aromatic ring is 1. The first-order valence-corrected chi connectivity index (χ1v) is 6.33. The highest BCUT2D eigenvalue weighted by atomic mass is 15.1. The van der Waals surface area contributed by atoms with Crippen LogP contribution in [-0.2, 0) is 6.42 Å². The van der Waals surface area contributed by atoms with Gasteiger partial charge in [0.15, 0.2) is 0 Å². The highest BCUT2D eigenvalue weighted by molar-refractivity contribution is 5.39. The first kappa shape index (κ1) is 13.8. The molecule has 0 aromatic heterocycles. The molecule has 0 radical (unpaired) electrons. The highest BCUT2D eigenvalue weighted by Gasteiger charge is 2.02. The molecule has 0 amide bonds. The number of benzene rings is 1. The Morgan fingerprint density at radius 3 is 2.47 bits per heavy atom. The number of nitrogens with zero attached hydrogens (tertiary/aromatic N) is 1. The SMILES string of the molecule is C=C(C)CN(CC)CCCc1ccc(N)cc1. The third kappa shape index (κ3) is 5.55. The van der Waals surface area contributed by atoms with Gasteiger partial charge in [-0.05, 0) is 50.6 Å². The van der Waals surface area contributed by atoms with E-state index >= 15 is 0 Å². The summed E-state index contributed by atoms with van der Waals surface area (Å²) in [4.78, 5) is 2.43. The molecule has 0 unspecified atom stereocenters. The van der Waals surface area contributed by atoms with Crippen LogP contribution in [0.2, 0.25) is 0 Å². The molecule has 0 aliphatic rings. The Hall–Kier alpha value is -1.28. The minimum Gasteiger partial charge on any atom is -0.399 e. The highest BCUT2D eigenvalue weighted by Crippen LogP contribution is 2.08. The van der Waals surface area contributed by atoms with Crippen LogP contribution in [-0.4, -0.2) is 24.5 Å². The first-order chi connectivity index (χ1) is 8.11. The molecule has 0 bridgehead atoms. The number of anilines is 1. The van der Waals surface area contributed by atoms with Gasteiger partial charge in [-0.1, -0.05) is 31.2 Å². The Morgan fingerprint density at radius 2 is 1.94 bits per heavy atom. The second kappa shape index (κ2) is 7.13. The summed E-state index contributed by atoms with van der Waals surface area (Å²) >= 11 is 0. The topological polar surface area (TPSA) is 29.3 Å². The number of likely N-dealkylation sites (N-methyl/N-ethyl adjacent to an activating group) is 1. The van der Waals surface area contributed by atoms with Crippen molar-refractivity contribution in [3.8, 4) is 0 Å². The largest absolute Gasteiger partial charge is 0.399 e. The van der Waals surface area contributed by atoms with Gasteiger partial charge >= 0.3 is 0 Å². The number of hydrogen-bond donors (Lipinski definition) is 1. The quantitative estimate of drug-likeness (QED) is 0.578. The van der Waals surface area contributed by atoms with Crippen LogP contribution in [0.4, 0.5) is 5.69 Å². The molecule has 0 aliphatic heterocycles. The van der Waals surface area contributed by atoms with Gasteiger partial charge in [0.05, 0.1) is 0 Å². The van der Waals surface area contributed by atoms with E-state index in [0.29, 0.717) is 0 Å². The van der Waals surface area contributed by atoms with Crippen molar-refractivity contribution in [2.45, 2.75) is 26.7 Å². The zero-order chi connectivity index (χ0) is 12.7. The Morgan fingerprint density at radius 1 is 1.29 bits per heavy atom. The lowest BCUT2D eigenvalue weighted by atomic mass is 10.1. The van der Waals surface area contributed by atoms with E-state index < -0.39 is 0 Å². The van der Waals surface area contributed by atoms with Crippen molar-refractivity contribution >= 4 is 5.69 Å². The second-order valence-corrected chi connectivity index (χ2v) is 4.67. The molecule has 94 valence electrons. The van der Waals surface area contributed by atoms with Crippen LogP contribution in [0, 0.1) is 0 Å². The van der Waals surface area contributed by atoms with Crippen molar-refractivity contribution in [1.29, 1.82) is 0 Å². The molecule has 0 heterocycles. The van der Waals surface area contributed by atoms with E-state index in [-0.39, 0.29) is 0 Å². The van der Waals surface area contributed by atoms with E-state index in [1.165, 1.54) is 17.6 Å². The van der Waals surface area contributed by atoms with Gasteiger partial charge in [0, 0.05) is 12.2 Å². The maximum absolute atomic E-state index is 5.66. The lowest BCUT2D eigenvalue weighted by molar-refractivity contribution is 0.308. The lowest BCUT2D eigenvalue weighted by Gasteiger charge is -2.20. The number of aryl methyl sites for hydroxylation is 1. The monoisotopic (exact) mass is 232 g/mol. The van der Waals surface area contributed by atoms with Crippen molar-refractivity contribution < 1.29 is 0 Å². The average molecular weight is 232 g/mol. The Bertz CT molecular complexity index is 340. The van der Waals surface area contributed by atoms with Gasteiger partial charge in [0.25, 0.3) is 0 Å². The van der Waals surface area contributed by atoms with E-state index in [1.807, 2.05) is 12.1 Å². The molecule has 0 saturated carbocycles. The van der Waals surface area contributed by atoms with Crippen LogP contribution < -0.4 is 5.73 Å². The third-order valence-corrected chi connectivity index (χ3v) is 2.86. The van der Waals surface area contributed by atoms with E-state index in [2.05, 4.69) is 37.5 Å². The molecule has 2 heteroatoms. The summed E-state index contributed by atoms with van der Waals surface area (Å²) in [6.07, 6.45) is 2.30. The summed E-state index contributed by atoms with van der Waals surface area (Å²) in [5.74, 6) is 0. The minimum atomic E-state index is 0.839. The second-order valence-electron chi connectivity index (χ2n) is 4.67. The Kier molecular flexibility index (Phi) is 5.78. The molecular weight excluding hydrogens is 208 g/mol. The summed E-state index contributed by atoms with van der Waals surface area (Å²) in [6.45, 7) is 11.5. The molecule has 0 spiro atoms. The van der Waals surface area contributed by atoms with Gasteiger partial charge in [-0.15, -0.1) is 0 Å². The van der Waals surface area contributed by atoms with E-state index in [9.17, 15) is 0 Å². The summed E-state index contributed by atoms with van der Waals surface area (Å²) in [5.41, 5.74) is 9.10. The van der Waals surface area contributed by atoms with Gasteiger partial charge in [-0.3, -0.25) is 4.90 Å². The van der Waals surface area contributed by atoms with Crippen molar-refractivity contribution in [2.75, 3.05) is 25.4 Å². The maximum Gasteiger partial charge on any atom is 0.0314 e. The number of nitrogens with two attached hydrogens (primary N) is 1. The third-order valence-electron chi connectivity index (χ3n) is 2.86. The van der Waals surface area contributed by atoms with Gasteiger partial charge < -0.3 is 5.73 Å². The fraction of sp³-hybridized carbons (Fsp3) is 0.467. The Balaban J connectivity index is 2.30. The van der Waals surface area contributed by atoms with Gasteiger partial charge in [0.2, 0.25) is 0 Å². The molecule has 1 rings (SSSR count). The molecule has 0 atom stereocenters. The fourth-order valence-electron chi connectivity index (χ4n) is 1.92. The molecule has 2 nitrogen and oxygen atoms in total. The predicted molar refractivity (Wildman–Crippen MR) is 76.1 cm³/mol.